The summed E-state index contributed by atoms with van der Waals surface area (Å²) in [5.74, 6) is -0.883. The molecule has 0 radical (unpaired) electrons. The number of hydrogen-bond donors (Lipinski definition) is 0. The van der Waals surface area contributed by atoms with Gasteiger partial charge >= 0.3 is 13.1 Å². The summed E-state index contributed by atoms with van der Waals surface area (Å²) in [6.07, 6.45) is -7.85. The first-order valence-electron chi connectivity index (χ1n) is 14.4. The molecule has 3 heterocycles. The number of benzene rings is 1. The summed E-state index contributed by atoms with van der Waals surface area (Å²) >= 11 is 1.03. The molecule has 1 aliphatic carbocycles. The van der Waals surface area contributed by atoms with E-state index in [1.807, 2.05) is 33.8 Å². The second-order valence-corrected chi connectivity index (χ2v) is 10.8. The van der Waals surface area contributed by atoms with Crippen molar-refractivity contribution in [1.29, 1.82) is 0 Å². The lowest BCUT2D eigenvalue weighted by atomic mass is 9.75. The van der Waals surface area contributed by atoms with Crippen molar-refractivity contribution < 1.29 is 31.9 Å². The molecular formula is C26H32BNO5S. The molecule has 8 heteroatoms. The van der Waals surface area contributed by atoms with Gasteiger partial charge in [0.15, 0.2) is 0 Å². The fourth-order valence-corrected chi connectivity index (χ4v) is 5.67. The molecule has 1 aromatic heterocycles. The summed E-state index contributed by atoms with van der Waals surface area (Å²) in [6.45, 7) is 9.09. The predicted molar refractivity (Wildman–Crippen MR) is 134 cm³/mol. The normalized spacial score (nSPS) is 27.9. The third-order valence-corrected chi connectivity index (χ3v) is 8.25. The molecule has 0 spiro atoms. The van der Waals surface area contributed by atoms with Gasteiger partial charge in [-0.15, -0.1) is 11.3 Å². The Balaban J connectivity index is 1.58. The largest absolute Gasteiger partial charge is 0.495 e. The Morgan fingerprint density at radius 3 is 2.62 bits per heavy atom. The summed E-state index contributed by atoms with van der Waals surface area (Å²) in [7, 11) is -0.767. The molecule has 1 aromatic carbocycles. The maximum atomic E-state index is 14.0. The van der Waals surface area contributed by atoms with Crippen LogP contribution in [0.25, 0.3) is 0 Å². The van der Waals surface area contributed by atoms with Gasteiger partial charge in [0, 0.05) is 32.1 Å². The van der Waals surface area contributed by atoms with Crippen LogP contribution < -0.4 is 10.4 Å². The van der Waals surface area contributed by atoms with Crippen LogP contribution in [0.4, 0.5) is 5.69 Å². The number of amides is 1. The van der Waals surface area contributed by atoms with E-state index < -0.39 is 49.3 Å². The molecule has 0 bridgehead atoms. The Morgan fingerprint density at radius 2 is 1.91 bits per heavy atom. The second kappa shape index (κ2) is 8.50. The SMILES string of the molecule is [2H]C1([2H])Cc2sc3c(c2C([2H])([2H])C1([2H])[2H])CCN(c1cccc(B2OC(C)(C)C(C)(C)O2)c1COC(C)=O)C3=O. The Hall–Kier alpha value is -2.16. The topological polar surface area (TPSA) is 65.1 Å². The highest BCUT2D eigenvalue weighted by atomic mass is 32.1. The number of fused-ring (bicyclic) bond motifs is 3. The van der Waals surface area contributed by atoms with E-state index in [1.165, 1.54) is 6.92 Å². The van der Waals surface area contributed by atoms with E-state index in [1.54, 1.807) is 17.0 Å². The number of ether oxygens (including phenoxy) is 1. The monoisotopic (exact) mass is 487 g/mol. The summed E-state index contributed by atoms with van der Waals surface area (Å²) < 4.78 is 68.1. The molecule has 1 fully saturated rings. The third kappa shape index (κ3) is 3.90. The van der Waals surface area contributed by atoms with Crippen LogP contribution in [0.15, 0.2) is 18.2 Å². The van der Waals surface area contributed by atoms with Gasteiger partial charge < -0.3 is 18.9 Å². The summed E-state index contributed by atoms with van der Waals surface area (Å²) in [5, 5.41) is 0. The van der Waals surface area contributed by atoms with Crippen LogP contribution in [0.1, 0.15) is 86.8 Å². The third-order valence-electron chi connectivity index (χ3n) is 7.03. The molecule has 0 N–H and O–H groups in total. The lowest BCUT2D eigenvalue weighted by Gasteiger charge is -2.32. The average Bonchev–Trinajstić information content (AvgIpc) is 3.30. The summed E-state index contributed by atoms with van der Waals surface area (Å²) in [6, 6.07) is 5.34. The number of hydrogen-bond acceptors (Lipinski definition) is 6. The molecule has 2 aromatic rings. The molecule has 1 saturated heterocycles. The quantitative estimate of drug-likeness (QED) is 0.478. The van der Waals surface area contributed by atoms with E-state index in [2.05, 4.69) is 0 Å². The van der Waals surface area contributed by atoms with Crippen LogP contribution in [0.2, 0.25) is 0 Å². The first kappa shape index (κ1) is 17.3. The van der Waals surface area contributed by atoms with Gasteiger partial charge in [0.05, 0.1) is 21.8 Å². The molecule has 34 heavy (non-hydrogen) atoms. The van der Waals surface area contributed by atoms with Crippen LogP contribution in [0, 0.1) is 0 Å². The molecule has 5 rings (SSSR count). The van der Waals surface area contributed by atoms with Crippen LogP contribution in [0.3, 0.4) is 0 Å². The highest BCUT2D eigenvalue weighted by Crippen LogP contribution is 2.40. The van der Waals surface area contributed by atoms with Crippen LogP contribution in [-0.4, -0.2) is 36.7 Å². The zero-order chi connectivity index (χ0) is 29.6. The Morgan fingerprint density at radius 1 is 1.18 bits per heavy atom. The Labute approximate surface area is 214 Å². The second-order valence-electron chi connectivity index (χ2n) is 9.73. The maximum Gasteiger partial charge on any atom is 0.495 e. The van der Waals surface area contributed by atoms with E-state index in [-0.39, 0.29) is 36.4 Å². The van der Waals surface area contributed by atoms with Crippen molar-refractivity contribution in [2.24, 2.45) is 0 Å². The fraction of sp³-hybridized carbons (Fsp3) is 0.538. The lowest BCUT2D eigenvalue weighted by molar-refractivity contribution is -0.142. The number of carbonyl (C=O) groups excluding carboxylic acids is 2. The van der Waals surface area contributed by atoms with Crippen molar-refractivity contribution in [3.8, 4) is 0 Å². The number of esters is 1. The van der Waals surface area contributed by atoms with E-state index >= 15 is 0 Å². The number of rotatable bonds is 4. The molecule has 3 aliphatic rings. The molecule has 180 valence electrons. The predicted octanol–water partition coefficient (Wildman–Crippen LogP) is 4.19. The first-order valence-corrected chi connectivity index (χ1v) is 12.2. The molecule has 0 atom stereocenters. The van der Waals surface area contributed by atoms with E-state index in [4.69, 9.17) is 22.3 Å². The highest BCUT2D eigenvalue weighted by Gasteiger charge is 2.52. The average molecular weight is 487 g/mol. The molecule has 1 amide bonds. The van der Waals surface area contributed by atoms with Crippen molar-refractivity contribution in [3.63, 3.8) is 0 Å². The lowest BCUT2D eigenvalue weighted by Crippen LogP contribution is -2.42. The van der Waals surface area contributed by atoms with Gasteiger partial charge in [-0.25, -0.2) is 0 Å². The highest BCUT2D eigenvalue weighted by molar-refractivity contribution is 7.14. The number of aryl methyl sites for hydroxylation is 1. The smallest absolute Gasteiger partial charge is 0.461 e. The number of nitrogens with zero attached hydrogens (tertiary/aromatic N) is 1. The number of anilines is 1. The minimum absolute atomic E-state index is 0.103. The summed E-state index contributed by atoms with van der Waals surface area (Å²) in [5.41, 5.74) is 0.988. The van der Waals surface area contributed by atoms with Crippen molar-refractivity contribution in [3.05, 3.63) is 44.6 Å². The van der Waals surface area contributed by atoms with Gasteiger partial charge in [0.1, 0.15) is 6.61 Å². The van der Waals surface area contributed by atoms with Crippen LogP contribution in [0.5, 0.6) is 0 Å². The minimum atomic E-state index is -2.77. The zero-order valence-corrected chi connectivity index (χ0v) is 20.9. The van der Waals surface area contributed by atoms with Gasteiger partial charge in [-0.1, -0.05) is 12.1 Å². The maximum absolute atomic E-state index is 14.0. The minimum Gasteiger partial charge on any atom is -0.461 e. The van der Waals surface area contributed by atoms with Crippen molar-refractivity contribution in [2.75, 3.05) is 11.4 Å². The number of thiophene rings is 1. The summed E-state index contributed by atoms with van der Waals surface area (Å²) in [4.78, 5) is 27.9. The fourth-order valence-electron chi connectivity index (χ4n) is 4.47. The van der Waals surface area contributed by atoms with Gasteiger partial charge in [-0.3, -0.25) is 9.59 Å². The van der Waals surface area contributed by atoms with Gasteiger partial charge in [0.2, 0.25) is 0 Å². The standard InChI is InChI=1S/C26H32BNO5S/c1-16(29)31-15-19-20(27-32-25(2,3)26(4,5)33-27)10-8-11-21(19)28-14-13-18-17-9-6-7-12-22(17)34-23(18)24(28)30/h8,10-11H,6-7,9,12-15H2,1-5H3/i6D2,7D2,9D2. The molecule has 0 saturated carbocycles. The van der Waals surface area contributed by atoms with Gasteiger partial charge in [-0.2, -0.15) is 0 Å². The Bertz CT molecular complexity index is 1390. The van der Waals surface area contributed by atoms with Crippen LogP contribution in [-0.2, 0) is 44.7 Å². The molecule has 2 aliphatic heterocycles. The van der Waals surface area contributed by atoms with Crippen molar-refractivity contribution >= 4 is 41.5 Å². The first-order chi connectivity index (χ1) is 18.3. The number of carbonyl (C=O) groups is 2. The van der Waals surface area contributed by atoms with E-state index in [0.29, 0.717) is 27.2 Å². The van der Waals surface area contributed by atoms with Gasteiger partial charge in [-0.05, 0) is 82.3 Å². The van der Waals surface area contributed by atoms with E-state index in [9.17, 15) is 9.59 Å². The van der Waals surface area contributed by atoms with Crippen molar-refractivity contribution in [2.45, 2.75) is 84.4 Å². The van der Waals surface area contributed by atoms with Gasteiger partial charge in [0.25, 0.3) is 5.91 Å². The van der Waals surface area contributed by atoms with Crippen LogP contribution >= 0.6 is 11.3 Å². The molecule has 6 nitrogen and oxygen atoms in total. The molecular weight excluding hydrogens is 449 g/mol. The van der Waals surface area contributed by atoms with E-state index in [0.717, 1.165) is 11.3 Å². The molecule has 0 unspecified atom stereocenters. The zero-order valence-electron chi connectivity index (χ0n) is 26.0. The van der Waals surface area contributed by atoms with Crippen molar-refractivity contribution in [1.82, 2.24) is 0 Å². The Kier molecular flexibility index (Phi) is 4.33.